The van der Waals surface area contributed by atoms with Crippen molar-refractivity contribution in [3.63, 3.8) is 0 Å². The highest BCUT2D eigenvalue weighted by atomic mass is 16.2. The highest BCUT2D eigenvalue weighted by Crippen LogP contribution is 2.23. The van der Waals surface area contributed by atoms with E-state index >= 15 is 0 Å². The number of nitrogens with zero attached hydrogens (tertiary/aromatic N) is 5. The second-order valence-corrected chi connectivity index (χ2v) is 8.71. The van der Waals surface area contributed by atoms with Gasteiger partial charge in [0.25, 0.3) is 0 Å². The number of H-pyrrole nitrogens is 1. The molecular weight excluding hydrogens is 418 g/mol. The van der Waals surface area contributed by atoms with Gasteiger partial charge in [-0.15, -0.1) is 0 Å². The molecule has 1 aromatic carbocycles. The zero-order valence-corrected chi connectivity index (χ0v) is 18.6. The van der Waals surface area contributed by atoms with Crippen molar-refractivity contribution < 1.29 is 9.59 Å². The van der Waals surface area contributed by atoms with Gasteiger partial charge in [0.15, 0.2) is 0 Å². The Morgan fingerprint density at radius 2 is 1.73 bits per heavy atom. The van der Waals surface area contributed by atoms with Gasteiger partial charge in [-0.3, -0.25) is 14.5 Å². The number of likely N-dealkylation sites (tertiary alicyclic amines) is 1. The van der Waals surface area contributed by atoms with Crippen molar-refractivity contribution in [1.82, 2.24) is 24.8 Å². The number of hydrogen-bond donors (Lipinski definition) is 2. The van der Waals surface area contributed by atoms with Gasteiger partial charge in [-0.25, -0.2) is 9.97 Å². The van der Waals surface area contributed by atoms with Crippen LogP contribution >= 0.6 is 0 Å². The van der Waals surface area contributed by atoms with Crippen molar-refractivity contribution in [3.8, 4) is 0 Å². The average molecular weight is 448 g/mol. The predicted molar refractivity (Wildman–Crippen MR) is 127 cm³/mol. The molecule has 0 spiro atoms. The molecular formula is C24H29N7O2. The van der Waals surface area contributed by atoms with Gasteiger partial charge >= 0.3 is 0 Å². The third-order valence-electron chi connectivity index (χ3n) is 6.62. The lowest BCUT2D eigenvalue weighted by molar-refractivity contribution is -0.135. The molecule has 2 fully saturated rings. The second-order valence-electron chi connectivity index (χ2n) is 8.71. The lowest BCUT2D eigenvalue weighted by Crippen LogP contribution is -2.51. The van der Waals surface area contributed by atoms with Crippen LogP contribution < -0.4 is 10.2 Å². The van der Waals surface area contributed by atoms with Gasteiger partial charge in [0.1, 0.15) is 17.8 Å². The number of fused-ring (bicyclic) bond motifs is 1. The Morgan fingerprint density at radius 3 is 2.48 bits per heavy atom. The van der Waals surface area contributed by atoms with E-state index in [1.807, 2.05) is 47.5 Å². The van der Waals surface area contributed by atoms with E-state index in [-0.39, 0.29) is 17.7 Å². The van der Waals surface area contributed by atoms with Crippen molar-refractivity contribution in [1.29, 1.82) is 0 Å². The monoisotopic (exact) mass is 447 g/mol. The van der Waals surface area contributed by atoms with E-state index in [0.29, 0.717) is 32.5 Å². The topological polar surface area (TPSA) is 97.5 Å². The molecule has 5 rings (SSSR count). The van der Waals surface area contributed by atoms with E-state index in [1.165, 1.54) is 0 Å². The van der Waals surface area contributed by atoms with Crippen LogP contribution in [0.1, 0.15) is 12.8 Å². The number of para-hydroxylation sites is 1. The molecule has 9 heteroatoms. The minimum Gasteiger partial charge on any atom is -0.353 e. The summed E-state index contributed by atoms with van der Waals surface area (Å²) in [4.78, 5) is 43.7. The number of carbonyl (C=O) groups is 2. The van der Waals surface area contributed by atoms with Gasteiger partial charge in [0, 0.05) is 57.1 Å². The highest BCUT2D eigenvalue weighted by molar-refractivity contribution is 5.92. The van der Waals surface area contributed by atoms with Crippen LogP contribution in [0.4, 0.5) is 11.5 Å². The Morgan fingerprint density at radius 1 is 0.970 bits per heavy atom. The van der Waals surface area contributed by atoms with Gasteiger partial charge in [-0.1, -0.05) is 18.2 Å². The number of nitrogens with one attached hydrogen (secondary N) is 2. The summed E-state index contributed by atoms with van der Waals surface area (Å²) >= 11 is 0. The molecule has 9 nitrogen and oxygen atoms in total. The third kappa shape index (κ3) is 4.83. The van der Waals surface area contributed by atoms with Gasteiger partial charge in [0.2, 0.25) is 11.8 Å². The second kappa shape index (κ2) is 9.58. The van der Waals surface area contributed by atoms with Crippen LogP contribution in [-0.2, 0) is 9.59 Å². The van der Waals surface area contributed by atoms with E-state index in [0.717, 1.165) is 48.7 Å². The molecule has 2 saturated heterocycles. The number of benzene rings is 1. The third-order valence-corrected chi connectivity index (χ3v) is 6.62. The molecule has 2 aliphatic heterocycles. The summed E-state index contributed by atoms with van der Waals surface area (Å²) in [6.07, 6.45) is 4.89. The minimum atomic E-state index is -0.0454. The molecule has 0 bridgehead atoms. The molecule has 0 atom stereocenters. The van der Waals surface area contributed by atoms with Crippen LogP contribution in [0.15, 0.2) is 48.9 Å². The summed E-state index contributed by atoms with van der Waals surface area (Å²) in [5.41, 5.74) is 1.66. The number of aromatic nitrogens is 3. The number of rotatable bonds is 5. The highest BCUT2D eigenvalue weighted by Gasteiger charge is 2.29. The van der Waals surface area contributed by atoms with Gasteiger partial charge in [0.05, 0.1) is 11.9 Å². The number of piperazine rings is 1. The fourth-order valence-corrected chi connectivity index (χ4v) is 4.68. The maximum Gasteiger partial charge on any atom is 0.236 e. The molecule has 0 unspecified atom stereocenters. The standard InChI is InChI=1S/C24H29N7O2/c32-21(30-10-7-18(8-11-30)24(33)28-19-4-2-1-3-5-19)16-29-12-14-31(15-13-29)23-20-6-9-25-22(20)26-17-27-23/h1-6,9,17-18H,7-8,10-16H2,(H,28,33)(H,25,26,27). The molecule has 2 aliphatic rings. The largest absolute Gasteiger partial charge is 0.353 e. The van der Waals surface area contributed by atoms with E-state index < -0.39 is 0 Å². The molecule has 4 heterocycles. The molecule has 3 aromatic rings. The quantitative estimate of drug-likeness (QED) is 0.621. The summed E-state index contributed by atoms with van der Waals surface area (Å²) in [5, 5.41) is 4.01. The van der Waals surface area contributed by atoms with Crippen LogP contribution in [0, 0.1) is 5.92 Å². The van der Waals surface area contributed by atoms with Gasteiger partial charge in [-0.05, 0) is 31.0 Å². The maximum absolute atomic E-state index is 12.9. The smallest absolute Gasteiger partial charge is 0.236 e. The van der Waals surface area contributed by atoms with Crippen LogP contribution in [0.3, 0.4) is 0 Å². The first-order valence-electron chi connectivity index (χ1n) is 11.6. The summed E-state index contributed by atoms with van der Waals surface area (Å²) in [6.45, 7) is 4.99. The van der Waals surface area contributed by atoms with Gasteiger partial charge in [-0.2, -0.15) is 0 Å². The van der Waals surface area contributed by atoms with Crippen molar-refractivity contribution >= 4 is 34.4 Å². The van der Waals surface area contributed by atoms with E-state index in [1.54, 1.807) is 6.33 Å². The summed E-state index contributed by atoms with van der Waals surface area (Å²) in [7, 11) is 0. The SMILES string of the molecule is O=C(Nc1ccccc1)C1CCN(C(=O)CN2CCN(c3ncnc4[nH]ccc34)CC2)CC1. The zero-order chi connectivity index (χ0) is 22.6. The minimum absolute atomic E-state index is 0.0454. The van der Waals surface area contributed by atoms with Crippen LogP contribution in [-0.4, -0.2) is 82.4 Å². The lowest BCUT2D eigenvalue weighted by atomic mass is 9.95. The van der Waals surface area contributed by atoms with E-state index in [9.17, 15) is 9.59 Å². The first kappa shape index (κ1) is 21.4. The summed E-state index contributed by atoms with van der Waals surface area (Å²) in [5.74, 6) is 1.10. The fraction of sp³-hybridized carbons (Fsp3) is 0.417. The van der Waals surface area contributed by atoms with Crippen LogP contribution in [0.25, 0.3) is 11.0 Å². The summed E-state index contributed by atoms with van der Waals surface area (Å²) in [6, 6.07) is 11.5. The predicted octanol–water partition coefficient (Wildman–Crippen LogP) is 1.96. The Hall–Kier alpha value is -3.46. The number of hydrogen-bond acceptors (Lipinski definition) is 6. The average Bonchev–Trinajstić information content (AvgIpc) is 3.34. The Kier molecular flexibility index (Phi) is 6.21. The molecule has 172 valence electrons. The van der Waals surface area contributed by atoms with Crippen molar-refractivity contribution in [2.24, 2.45) is 5.92 Å². The Balaban J connectivity index is 1.08. The van der Waals surface area contributed by atoms with E-state index in [4.69, 9.17) is 0 Å². The van der Waals surface area contributed by atoms with Gasteiger partial charge < -0.3 is 20.1 Å². The first-order valence-corrected chi connectivity index (χ1v) is 11.6. The molecule has 0 saturated carbocycles. The number of anilines is 2. The number of piperidine rings is 1. The molecule has 0 aliphatic carbocycles. The normalized spacial score (nSPS) is 17.9. The van der Waals surface area contributed by atoms with Crippen molar-refractivity contribution in [2.75, 3.05) is 56.0 Å². The number of carbonyl (C=O) groups excluding carboxylic acids is 2. The number of aromatic amines is 1. The van der Waals surface area contributed by atoms with Crippen LogP contribution in [0.5, 0.6) is 0 Å². The van der Waals surface area contributed by atoms with E-state index in [2.05, 4.69) is 30.1 Å². The van der Waals surface area contributed by atoms with Crippen LogP contribution in [0.2, 0.25) is 0 Å². The first-order chi connectivity index (χ1) is 16.2. The number of amides is 2. The molecule has 33 heavy (non-hydrogen) atoms. The summed E-state index contributed by atoms with van der Waals surface area (Å²) < 4.78 is 0. The fourth-order valence-electron chi connectivity index (χ4n) is 4.68. The lowest BCUT2D eigenvalue weighted by Gasteiger charge is -2.37. The molecule has 0 radical (unpaired) electrons. The molecule has 2 N–H and O–H groups in total. The maximum atomic E-state index is 12.9. The van der Waals surface area contributed by atoms with Crippen molar-refractivity contribution in [3.05, 3.63) is 48.9 Å². The molecule has 2 aromatic heterocycles. The molecule has 2 amide bonds. The Labute approximate surface area is 192 Å². The Bertz CT molecular complexity index is 1100. The zero-order valence-electron chi connectivity index (χ0n) is 18.6. The van der Waals surface area contributed by atoms with Crippen molar-refractivity contribution in [2.45, 2.75) is 12.8 Å².